The van der Waals surface area contributed by atoms with Gasteiger partial charge in [0, 0.05) is 47.9 Å². The smallest absolute Gasteiger partial charge is 0.261 e. The zero-order valence-corrected chi connectivity index (χ0v) is 21.2. The van der Waals surface area contributed by atoms with E-state index in [4.69, 9.17) is 9.85 Å². The topological polar surface area (TPSA) is 134 Å². The van der Waals surface area contributed by atoms with Crippen LogP contribution in [-0.4, -0.2) is 38.7 Å². The Bertz CT molecular complexity index is 2050. The van der Waals surface area contributed by atoms with Crippen LogP contribution in [0.1, 0.15) is 28.2 Å². The molecule has 3 N–H and O–H groups in total. The van der Waals surface area contributed by atoms with Gasteiger partial charge < -0.3 is 11.1 Å². The first-order valence-corrected chi connectivity index (χ1v) is 12.0. The largest absolute Gasteiger partial charge is 0.377 e. The number of hydrogen-bond acceptors (Lipinski definition) is 8. The molecule has 0 fully saturated rings. The number of rotatable bonds is 5. The van der Waals surface area contributed by atoms with Gasteiger partial charge in [-0.15, -0.1) is 0 Å². The molecule has 1 aromatic carbocycles. The van der Waals surface area contributed by atoms with Crippen molar-refractivity contribution < 1.29 is 8.50 Å². The molecule has 0 aliphatic carbocycles. The summed E-state index contributed by atoms with van der Waals surface area (Å²) in [7, 11) is 1.75. The molecule has 1 unspecified atom stereocenters. The van der Waals surface area contributed by atoms with E-state index in [1.54, 1.807) is 40.7 Å². The fourth-order valence-corrected chi connectivity index (χ4v) is 4.80. The summed E-state index contributed by atoms with van der Waals surface area (Å²) < 4.78 is 42.8. The molecule has 0 saturated carbocycles. The van der Waals surface area contributed by atoms with E-state index in [0.717, 1.165) is 10.1 Å². The van der Waals surface area contributed by atoms with Gasteiger partial charge >= 0.3 is 0 Å². The Hall–Kier alpha value is -5.13. The van der Waals surface area contributed by atoms with Crippen LogP contribution in [0.4, 0.5) is 16.0 Å². The van der Waals surface area contributed by atoms with Crippen molar-refractivity contribution in [2.45, 2.75) is 19.9 Å². The van der Waals surface area contributed by atoms with Crippen LogP contribution in [-0.2, 0) is 14.0 Å². The maximum absolute atomic E-state index is 14.2. The van der Waals surface area contributed by atoms with Crippen LogP contribution in [0.2, 0.25) is 0 Å². The highest BCUT2D eigenvalue weighted by Crippen LogP contribution is 2.33. The van der Waals surface area contributed by atoms with E-state index in [-0.39, 0.29) is 22.7 Å². The van der Waals surface area contributed by atoms with E-state index in [1.807, 2.05) is 19.9 Å². The first kappa shape index (κ1) is 20.9. The first-order chi connectivity index (χ1) is 19.9. The second-order valence-corrected chi connectivity index (χ2v) is 9.31. The highest BCUT2D eigenvalue weighted by atomic mass is 19.1. The van der Waals surface area contributed by atoms with Crippen LogP contribution in [0.5, 0.6) is 0 Å². The van der Waals surface area contributed by atoms with Gasteiger partial charge in [-0.3, -0.25) is 18.4 Å². The Balaban J connectivity index is 1.60. The number of nitrogen functional groups attached to an aromatic ring is 1. The fraction of sp³-hybridized carbons (Fsp3) is 0.185. The first-order valence-electron chi connectivity index (χ1n) is 13.5. The van der Waals surface area contributed by atoms with E-state index in [9.17, 15) is 9.18 Å². The van der Waals surface area contributed by atoms with Crippen molar-refractivity contribution in [3.63, 3.8) is 0 Å². The van der Waals surface area contributed by atoms with Gasteiger partial charge in [0.2, 0.25) is 11.9 Å². The summed E-state index contributed by atoms with van der Waals surface area (Å²) in [5.41, 5.74) is 9.03. The minimum atomic E-state index is -2.82. The number of halogens is 1. The minimum Gasteiger partial charge on any atom is -0.377 e. The van der Waals surface area contributed by atoms with Gasteiger partial charge in [0.1, 0.15) is 17.7 Å². The predicted octanol–water partition coefficient (Wildman–Crippen LogP) is 3.64. The van der Waals surface area contributed by atoms with Crippen molar-refractivity contribution in [1.82, 2.24) is 38.7 Å². The third kappa shape index (κ3) is 4.06. The molecule has 0 amide bonds. The molecule has 39 heavy (non-hydrogen) atoms. The highest BCUT2D eigenvalue weighted by molar-refractivity contribution is 5.88. The number of hydrogen-bond donors (Lipinski definition) is 2. The summed E-state index contributed by atoms with van der Waals surface area (Å²) in [6, 6.07) is 5.96. The average molecular weight is 528 g/mol. The van der Waals surface area contributed by atoms with Gasteiger partial charge in [0.25, 0.3) is 5.56 Å². The molecule has 5 aromatic heterocycles. The fourth-order valence-electron chi connectivity index (χ4n) is 4.80. The molecule has 5 heterocycles. The normalized spacial score (nSPS) is 13.8. The van der Waals surface area contributed by atoms with Gasteiger partial charge in [-0.1, -0.05) is 6.07 Å². The monoisotopic (exact) mass is 527 g/mol. The van der Waals surface area contributed by atoms with Gasteiger partial charge in [-0.2, -0.15) is 9.49 Å². The molecule has 0 saturated heterocycles. The van der Waals surface area contributed by atoms with Crippen LogP contribution >= 0.6 is 0 Å². The number of aryl methyl sites for hydroxylation is 3. The number of imidazole rings is 1. The number of pyridine rings is 1. The Kier molecular flexibility index (Phi) is 4.82. The lowest BCUT2D eigenvalue weighted by Gasteiger charge is -2.21. The van der Waals surface area contributed by atoms with Crippen molar-refractivity contribution in [3.8, 4) is 22.5 Å². The van der Waals surface area contributed by atoms with E-state index in [0.29, 0.717) is 33.6 Å². The molecule has 6 rings (SSSR count). The number of benzene rings is 1. The van der Waals surface area contributed by atoms with E-state index < -0.39 is 24.5 Å². The van der Waals surface area contributed by atoms with Crippen molar-refractivity contribution >= 4 is 28.2 Å². The zero-order valence-electron chi connectivity index (χ0n) is 24.2. The van der Waals surface area contributed by atoms with Gasteiger partial charge in [0.15, 0.2) is 0 Å². The molecule has 1 atom stereocenters. The zero-order chi connectivity index (χ0) is 29.9. The lowest BCUT2D eigenvalue weighted by Crippen LogP contribution is -2.21. The second kappa shape index (κ2) is 9.01. The third-order valence-corrected chi connectivity index (χ3v) is 6.54. The summed E-state index contributed by atoms with van der Waals surface area (Å²) in [6.07, 6.45) is 7.63. The third-order valence-electron chi connectivity index (χ3n) is 6.54. The molecule has 0 aliphatic heterocycles. The number of fused-ring (bicyclic) bond motifs is 3. The van der Waals surface area contributed by atoms with Crippen molar-refractivity contribution in [3.05, 3.63) is 82.8 Å². The lowest BCUT2D eigenvalue weighted by molar-refractivity contribution is 0.585. The number of anilines is 2. The van der Waals surface area contributed by atoms with Crippen LogP contribution < -0.4 is 16.6 Å². The van der Waals surface area contributed by atoms with E-state index in [1.165, 1.54) is 24.8 Å². The van der Waals surface area contributed by atoms with Gasteiger partial charge in [-0.05, 0) is 43.2 Å². The van der Waals surface area contributed by atoms with Crippen LogP contribution in [0, 0.1) is 12.9 Å². The molecule has 11 nitrogen and oxygen atoms in total. The summed E-state index contributed by atoms with van der Waals surface area (Å²) in [4.78, 5) is 30.5. The summed E-state index contributed by atoms with van der Waals surface area (Å²) in [5, 5.41) is 7.77. The van der Waals surface area contributed by atoms with Crippen molar-refractivity contribution in [2.75, 3.05) is 11.1 Å². The van der Waals surface area contributed by atoms with Crippen LogP contribution in [0.3, 0.4) is 0 Å². The average Bonchev–Trinajstić information content (AvgIpc) is 3.55. The number of aromatic nitrogens is 8. The lowest BCUT2D eigenvalue weighted by atomic mass is 10.0. The molecule has 0 spiro atoms. The highest BCUT2D eigenvalue weighted by Gasteiger charge is 2.22. The second-order valence-electron chi connectivity index (χ2n) is 9.31. The van der Waals surface area contributed by atoms with Crippen LogP contribution in [0.15, 0.2) is 60.2 Å². The molecule has 12 heteroatoms. The van der Waals surface area contributed by atoms with Crippen molar-refractivity contribution in [2.24, 2.45) is 14.0 Å². The van der Waals surface area contributed by atoms with Crippen molar-refractivity contribution in [1.29, 1.82) is 0 Å². The Morgan fingerprint density at radius 3 is 2.62 bits per heavy atom. The Labute approximate surface area is 226 Å². The molecular weight excluding hydrogens is 499 g/mol. The maximum Gasteiger partial charge on any atom is 0.261 e. The van der Waals surface area contributed by atoms with Gasteiger partial charge in [-0.25, -0.2) is 19.9 Å². The number of nitrogens with two attached hydrogens (primary N) is 1. The Morgan fingerprint density at radius 2 is 1.90 bits per heavy atom. The number of nitrogens with one attached hydrogen (secondary N) is 1. The summed E-state index contributed by atoms with van der Waals surface area (Å²) in [6.45, 7) is 0.893. The molecule has 0 bridgehead atoms. The minimum absolute atomic E-state index is 0.0412. The maximum atomic E-state index is 14.2. The molecular formula is C27H25FN10O. The molecule has 196 valence electrons. The predicted molar refractivity (Wildman–Crippen MR) is 147 cm³/mol. The van der Waals surface area contributed by atoms with E-state index >= 15 is 0 Å². The van der Waals surface area contributed by atoms with E-state index in [2.05, 4.69) is 30.4 Å². The number of nitrogens with zero attached hydrogens (tertiary/aromatic N) is 8. The molecule has 6 aromatic rings. The quantitative estimate of drug-likeness (QED) is 0.325. The summed E-state index contributed by atoms with van der Waals surface area (Å²) >= 11 is 0. The standard InChI is InChI=1S/C27H25FN10O/c1-14-7-18(15(2)34-20-5-6-21(28)35-22(20)17-11-33-36(3)12-17)24-19(8-14)26(39)37(4)25-23(32-13-38(24)25)16-9-30-27(29)31-10-16/h5-13,15,34H,1-4H3,(H2,29,30,31)/i4D3. The molecule has 0 radical (unpaired) electrons. The van der Waals surface area contributed by atoms with Gasteiger partial charge in [0.05, 0.1) is 34.5 Å². The summed E-state index contributed by atoms with van der Waals surface area (Å²) in [5.74, 6) is -0.600. The van der Waals surface area contributed by atoms with Crippen LogP contribution in [0.25, 0.3) is 39.1 Å². The molecule has 0 aliphatic rings. The SMILES string of the molecule is [2H]C([2H])([2H])n1c(=O)c2cc(C)cc(C(C)Nc3ccc(F)nc3-c3cnn(C)c3)c2n2cnc(-c3cnc(N)nc3)c12. The Morgan fingerprint density at radius 1 is 1.10 bits per heavy atom.